The van der Waals surface area contributed by atoms with Crippen molar-refractivity contribution in [1.82, 2.24) is 25.1 Å². The first-order valence-electron chi connectivity index (χ1n) is 9.10. The van der Waals surface area contributed by atoms with Gasteiger partial charge >= 0.3 is 6.09 Å². The number of aryl methyl sites for hydroxylation is 1. The second-order valence-electron chi connectivity index (χ2n) is 7.65. The van der Waals surface area contributed by atoms with E-state index in [4.69, 9.17) is 4.74 Å². The number of carbonyl (C=O) groups excluding carboxylic acids is 1. The maximum Gasteiger partial charge on any atom is 0.410 e. The van der Waals surface area contributed by atoms with Gasteiger partial charge in [-0.1, -0.05) is 0 Å². The molecule has 0 aromatic carbocycles. The van der Waals surface area contributed by atoms with Crippen LogP contribution in [0.3, 0.4) is 0 Å². The Bertz CT molecular complexity index is 855. The van der Waals surface area contributed by atoms with Gasteiger partial charge in [-0.25, -0.2) is 19.2 Å². The molecule has 10 heteroatoms. The predicted octanol–water partition coefficient (Wildman–Crippen LogP) is 1.86. The van der Waals surface area contributed by atoms with Gasteiger partial charge in [-0.15, -0.1) is 0 Å². The van der Waals surface area contributed by atoms with Crippen molar-refractivity contribution >= 4 is 12.0 Å². The number of H-pyrrole nitrogens is 1. The number of ether oxygens (including phenoxy) is 1. The number of aromatic nitrogens is 4. The molecule has 0 unspecified atom stereocenters. The molecule has 152 valence electrons. The average molecular weight is 392 g/mol. The van der Waals surface area contributed by atoms with Crippen LogP contribution in [0.2, 0.25) is 0 Å². The highest BCUT2D eigenvalue weighted by atomic mass is 19.1. The first-order chi connectivity index (χ1) is 13.2. The van der Waals surface area contributed by atoms with Crippen LogP contribution >= 0.6 is 0 Å². The van der Waals surface area contributed by atoms with Crippen LogP contribution in [0.25, 0.3) is 11.3 Å². The lowest BCUT2D eigenvalue weighted by Crippen LogP contribution is -2.50. The number of aliphatic hydroxyl groups is 1. The quantitative estimate of drug-likeness (QED) is 0.821. The SMILES string of the molecule is Cc1[nH]nc(CO)c1-c1nc(N2CCN(C(=O)OC(C)(C)C)CC2)ncc1F. The number of anilines is 1. The molecule has 1 saturated heterocycles. The van der Waals surface area contributed by atoms with Crippen molar-refractivity contribution in [3.05, 3.63) is 23.4 Å². The minimum atomic E-state index is -0.588. The molecule has 9 nitrogen and oxygen atoms in total. The van der Waals surface area contributed by atoms with Gasteiger partial charge in [0.05, 0.1) is 18.5 Å². The molecule has 1 aliphatic rings. The van der Waals surface area contributed by atoms with E-state index in [1.54, 1.807) is 11.8 Å². The molecular weight excluding hydrogens is 367 g/mol. The molecule has 1 amide bonds. The fourth-order valence-corrected chi connectivity index (χ4v) is 3.01. The van der Waals surface area contributed by atoms with Crippen molar-refractivity contribution in [2.24, 2.45) is 0 Å². The molecule has 1 aliphatic heterocycles. The predicted molar refractivity (Wildman–Crippen MR) is 100 cm³/mol. The van der Waals surface area contributed by atoms with E-state index in [-0.39, 0.29) is 18.4 Å². The van der Waals surface area contributed by atoms with Gasteiger partial charge in [0.1, 0.15) is 11.3 Å². The van der Waals surface area contributed by atoms with Gasteiger partial charge in [-0.2, -0.15) is 5.10 Å². The summed E-state index contributed by atoms with van der Waals surface area (Å²) < 4.78 is 19.8. The molecule has 0 radical (unpaired) electrons. The van der Waals surface area contributed by atoms with Gasteiger partial charge in [0, 0.05) is 37.4 Å². The number of hydrogen-bond acceptors (Lipinski definition) is 7. The standard InChI is InChI=1S/C18H25FN6O3/c1-11-14(13(10-26)23-22-11)15-12(19)9-20-16(21-15)24-5-7-25(8-6-24)17(27)28-18(2,3)4/h9,26H,5-8,10H2,1-4H3,(H,22,23). The second-order valence-corrected chi connectivity index (χ2v) is 7.65. The Labute approximate surface area is 162 Å². The third kappa shape index (κ3) is 4.22. The lowest BCUT2D eigenvalue weighted by molar-refractivity contribution is 0.0240. The number of carbonyl (C=O) groups is 1. The topological polar surface area (TPSA) is 107 Å². The Kier molecular flexibility index (Phi) is 5.50. The maximum absolute atomic E-state index is 14.4. The van der Waals surface area contributed by atoms with E-state index in [0.29, 0.717) is 49.1 Å². The number of rotatable bonds is 3. The van der Waals surface area contributed by atoms with Crippen molar-refractivity contribution in [2.75, 3.05) is 31.1 Å². The highest BCUT2D eigenvalue weighted by molar-refractivity contribution is 5.69. The van der Waals surface area contributed by atoms with Crippen LogP contribution < -0.4 is 4.90 Å². The highest BCUT2D eigenvalue weighted by Gasteiger charge is 2.27. The summed E-state index contributed by atoms with van der Waals surface area (Å²) in [6.45, 7) is 8.81. The van der Waals surface area contributed by atoms with Crippen LogP contribution in [0.15, 0.2) is 6.20 Å². The zero-order chi connectivity index (χ0) is 20.5. The first kappa shape index (κ1) is 20.0. The van der Waals surface area contributed by atoms with Crippen molar-refractivity contribution < 1.29 is 19.0 Å². The van der Waals surface area contributed by atoms with Gasteiger partial charge in [0.25, 0.3) is 0 Å². The molecule has 0 saturated carbocycles. The summed E-state index contributed by atoms with van der Waals surface area (Å²) in [5.74, 6) is -0.222. The van der Waals surface area contributed by atoms with Crippen LogP contribution in [0.5, 0.6) is 0 Å². The number of nitrogens with one attached hydrogen (secondary N) is 1. The van der Waals surface area contributed by atoms with E-state index in [1.807, 2.05) is 25.7 Å². The van der Waals surface area contributed by atoms with Crippen LogP contribution in [0.4, 0.5) is 15.1 Å². The Hall–Kier alpha value is -2.75. The van der Waals surface area contributed by atoms with Crippen LogP contribution in [0.1, 0.15) is 32.2 Å². The fourth-order valence-electron chi connectivity index (χ4n) is 3.01. The number of nitrogens with zero attached hydrogens (tertiary/aromatic N) is 5. The molecule has 1 fully saturated rings. The summed E-state index contributed by atoms with van der Waals surface area (Å²) in [6.07, 6.45) is 0.764. The van der Waals surface area contributed by atoms with E-state index < -0.39 is 11.4 Å². The van der Waals surface area contributed by atoms with E-state index in [0.717, 1.165) is 6.20 Å². The largest absolute Gasteiger partial charge is 0.444 e. The average Bonchev–Trinajstić information content (AvgIpc) is 3.01. The number of hydrogen-bond donors (Lipinski definition) is 2. The Morgan fingerprint density at radius 2 is 2.00 bits per heavy atom. The zero-order valence-corrected chi connectivity index (χ0v) is 16.5. The zero-order valence-electron chi connectivity index (χ0n) is 16.5. The highest BCUT2D eigenvalue weighted by Crippen LogP contribution is 2.28. The number of halogens is 1. The monoisotopic (exact) mass is 392 g/mol. The Balaban J connectivity index is 1.76. The van der Waals surface area contributed by atoms with Gasteiger partial charge < -0.3 is 19.6 Å². The molecule has 2 aromatic rings. The number of amides is 1. The minimum absolute atomic E-state index is 0.0925. The van der Waals surface area contributed by atoms with Crippen LogP contribution in [-0.4, -0.2) is 68.0 Å². The minimum Gasteiger partial charge on any atom is -0.444 e. The molecule has 0 aliphatic carbocycles. The molecular formula is C18H25FN6O3. The molecule has 3 heterocycles. The van der Waals surface area contributed by atoms with E-state index in [1.165, 1.54) is 0 Å². The summed E-state index contributed by atoms with van der Waals surface area (Å²) >= 11 is 0. The van der Waals surface area contributed by atoms with Crippen LogP contribution in [-0.2, 0) is 11.3 Å². The summed E-state index contributed by atoms with van der Waals surface area (Å²) in [5.41, 5.74) is 0.930. The first-order valence-corrected chi connectivity index (χ1v) is 9.10. The van der Waals surface area contributed by atoms with Crippen LogP contribution in [0, 0.1) is 12.7 Å². The second kappa shape index (κ2) is 7.70. The lowest BCUT2D eigenvalue weighted by Gasteiger charge is -2.35. The molecule has 0 atom stereocenters. The maximum atomic E-state index is 14.4. The number of aromatic amines is 1. The fraction of sp³-hybridized carbons (Fsp3) is 0.556. The van der Waals surface area contributed by atoms with Gasteiger partial charge in [-0.05, 0) is 27.7 Å². The summed E-state index contributed by atoms with van der Waals surface area (Å²) in [4.78, 5) is 24.2. The van der Waals surface area contributed by atoms with Gasteiger partial charge in [0.2, 0.25) is 5.95 Å². The molecule has 2 N–H and O–H groups in total. The third-order valence-electron chi connectivity index (χ3n) is 4.35. The van der Waals surface area contributed by atoms with Crippen molar-refractivity contribution in [3.8, 4) is 11.3 Å². The smallest absolute Gasteiger partial charge is 0.410 e. The van der Waals surface area contributed by atoms with Gasteiger partial charge in [-0.3, -0.25) is 5.10 Å². The van der Waals surface area contributed by atoms with Gasteiger partial charge in [0.15, 0.2) is 5.82 Å². The van der Waals surface area contributed by atoms with Crippen molar-refractivity contribution in [2.45, 2.75) is 39.9 Å². The van der Waals surface area contributed by atoms with E-state index in [9.17, 15) is 14.3 Å². The molecule has 3 rings (SSSR count). The normalized spacial score (nSPS) is 15.1. The van der Waals surface area contributed by atoms with Crippen molar-refractivity contribution in [3.63, 3.8) is 0 Å². The Morgan fingerprint density at radius 1 is 1.32 bits per heavy atom. The summed E-state index contributed by atoms with van der Waals surface area (Å²) in [7, 11) is 0. The van der Waals surface area contributed by atoms with E-state index in [2.05, 4.69) is 20.2 Å². The van der Waals surface area contributed by atoms with Crippen molar-refractivity contribution in [1.29, 1.82) is 0 Å². The van der Waals surface area contributed by atoms with E-state index >= 15 is 0 Å². The molecule has 0 bridgehead atoms. The molecule has 0 spiro atoms. The summed E-state index contributed by atoms with van der Waals surface area (Å²) in [5, 5.41) is 16.2. The number of piperazine rings is 1. The molecule has 2 aromatic heterocycles. The number of aliphatic hydroxyl groups excluding tert-OH is 1. The molecule has 28 heavy (non-hydrogen) atoms. The lowest BCUT2D eigenvalue weighted by atomic mass is 10.1. The third-order valence-corrected chi connectivity index (χ3v) is 4.35. The summed E-state index contributed by atoms with van der Waals surface area (Å²) in [6, 6.07) is 0. The Morgan fingerprint density at radius 3 is 2.61 bits per heavy atom.